The highest BCUT2D eigenvalue weighted by Crippen LogP contribution is 2.51. The number of aromatic nitrogens is 3. The number of benzene rings is 1. The highest BCUT2D eigenvalue weighted by atomic mass is 32.1. The van der Waals surface area contributed by atoms with Crippen LogP contribution in [-0.4, -0.2) is 25.5 Å². The highest BCUT2D eigenvalue weighted by Gasteiger charge is 2.54. The van der Waals surface area contributed by atoms with Gasteiger partial charge >= 0.3 is 0 Å². The second-order valence-corrected chi connectivity index (χ2v) is 7.51. The van der Waals surface area contributed by atoms with Crippen LogP contribution in [0, 0.1) is 21.9 Å². The number of H-pyrrole nitrogens is 1. The van der Waals surface area contributed by atoms with Gasteiger partial charge in [0.15, 0.2) is 4.77 Å². The Labute approximate surface area is 140 Å². The number of aromatic amines is 1. The van der Waals surface area contributed by atoms with Crippen LogP contribution in [0.25, 0.3) is 0 Å². The Morgan fingerprint density at radius 2 is 2.09 bits per heavy atom. The largest absolute Gasteiger partial charge is 0.387 e. The van der Waals surface area contributed by atoms with Crippen LogP contribution < -0.4 is 0 Å². The van der Waals surface area contributed by atoms with E-state index in [1.54, 1.807) is 23.1 Å². The summed E-state index contributed by atoms with van der Waals surface area (Å²) in [4.78, 5) is 2.87. The Balaban J connectivity index is 1.88. The SMILES string of the molecule is CC1(C)CC[C@@H](Cc2ccc(F)cc2)[C@]1(O)Cn1nc[nH]c1=S. The zero-order chi connectivity index (χ0) is 16.7. The lowest BCUT2D eigenvalue weighted by Gasteiger charge is -2.40. The van der Waals surface area contributed by atoms with Crippen LogP contribution in [0.3, 0.4) is 0 Å². The lowest BCUT2D eigenvalue weighted by Crippen LogP contribution is -2.49. The molecule has 0 radical (unpaired) electrons. The lowest BCUT2D eigenvalue weighted by molar-refractivity contribution is -0.0909. The molecular formula is C17H22FN3OS. The molecule has 6 heteroatoms. The van der Waals surface area contributed by atoms with Gasteiger partial charge in [-0.2, -0.15) is 5.10 Å². The van der Waals surface area contributed by atoms with Crippen LogP contribution in [0.1, 0.15) is 32.3 Å². The number of hydrogen-bond acceptors (Lipinski definition) is 3. The fraction of sp³-hybridized carbons (Fsp3) is 0.529. The average Bonchev–Trinajstić information content (AvgIpc) is 2.98. The first-order chi connectivity index (χ1) is 10.8. The van der Waals surface area contributed by atoms with E-state index in [9.17, 15) is 9.50 Å². The van der Waals surface area contributed by atoms with E-state index in [4.69, 9.17) is 12.2 Å². The van der Waals surface area contributed by atoms with E-state index < -0.39 is 5.60 Å². The molecule has 1 aliphatic rings. The normalized spacial score (nSPS) is 26.5. The highest BCUT2D eigenvalue weighted by molar-refractivity contribution is 7.71. The van der Waals surface area contributed by atoms with E-state index in [0.717, 1.165) is 24.8 Å². The van der Waals surface area contributed by atoms with Crippen molar-refractivity contribution in [2.75, 3.05) is 0 Å². The lowest BCUT2D eigenvalue weighted by atomic mass is 9.72. The Morgan fingerprint density at radius 1 is 1.39 bits per heavy atom. The van der Waals surface area contributed by atoms with Crippen molar-refractivity contribution in [2.45, 2.75) is 45.3 Å². The number of hydrogen-bond donors (Lipinski definition) is 2. The number of halogens is 1. The first kappa shape index (κ1) is 16.3. The molecule has 2 aromatic rings. The molecule has 0 amide bonds. The molecule has 1 fully saturated rings. The molecule has 1 aromatic carbocycles. The van der Waals surface area contributed by atoms with Crippen LogP contribution in [0.4, 0.5) is 4.39 Å². The molecule has 1 aromatic heterocycles. The van der Waals surface area contributed by atoms with Crippen molar-refractivity contribution in [3.8, 4) is 0 Å². The van der Waals surface area contributed by atoms with Crippen molar-refractivity contribution in [2.24, 2.45) is 11.3 Å². The van der Waals surface area contributed by atoms with Gasteiger partial charge < -0.3 is 10.1 Å². The summed E-state index contributed by atoms with van der Waals surface area (Å²) < 4.78 is 15.3. The molecule has 0 bridgehead atoms. The van der Waals surface area contributed by atoms with Crippen LogP contribution in [0.5, 0.6) is 0 Å². The fourth-order valence-corrected chi connectivity index (χ4v) is 3.85. The second-order valence-electron chi connectivity index (χ2n) is 7.13. The molecule has 0 aliphatic heterocycles. The Morgan fingerprint density at radius 3 is 2.70 bits per heavy atom. The van der Waals surface area contributed by atoms with Crippen molar-refractivity contribution in [1.82, 2.24) is 14.8 Å². The molecule has 3 rings (SSSR count). The maximum absolute atomic E-state index is 13.1. The zero-order valence-electron chi connectivity index (χ0n) is 13.4. The van der Waals surface area contributed by atoms with E-state index >= 15 is 0 Å². The molecule has 1 aliphatic carbocycles. The molecular weight excluding hydrogens is 313 g/mol. The third kappa shape index (κ3) is 2.97. The Hall–Kier alpha value is -1.53. The number of aliphatic hydroxyl groups is 1. The third-order valence-corrected chi connectivity index (χ3v) is 5.70. The number of nitrogens with zero attached hydrogens (tertiary/aromatic N) is 2. The fourth-order valence-electron chi connectivity index (χ4n) is 3.68. The van der Waals surface area contributed by atoms with Crippen LogP contribution in [-0.2, 0) is 13.0 Å². The van der Waals surface area contributed by atoms with Crippen molar-refractivity contribution in [3.63, 3.8) is 0 Å². The van der Waals surface area contributed by atoms with Crippen molar-refractivity contribution >= 4 is 12.2 Å². The van der Waals surface area contributed by atoms with E-state index in [1.807, 2.05) is 0 Å². The Bertz CT molecular complexity index is 737. The van der Waals surface area contributed by atoms with Gasteiger partial charge in [-0.3, -0.25) is 0 Å². The van der Waals surface area contributed by atoms with E-state index in [-0.39, 0.29) is 17.2 Å². The second kappa shape index (κ2) is 5.83. The van der Waals surface area contributed by atoms with Crippen molar-refractivity contribution in [1.29, 1.82) is 0 Å². The minimum Gasteiger partial charge on any atom is -0.387 e. The van der Waals surface area contributed by atoms with Gasteiger partial charge in [-0.1, -0.05) is 26.0 Å². The van der Waals surface area contributed by atoms with Gasteiger partial charge in [-0.15, -0.1) is 0 Å². The quantitative estimate of drug-likeness (QED) is 0.841. The van der Waals surface area contributed by atoms with Crippen LogP contribution >= 0.6 is 12.2 Å². The standard InChI is InChI=1S/C17H22FN3OS/c1-16(2)8-7-13(9-12-3-5-14(18)6-4-12)17(16,22)10-21-15(23)19-11-20-21/h3-6,11,13,22H,7-10H2,1-2H3,(H,19,20,23)/t13-,17+/m0/s1. The molecule has 0 unspecified atom stereocenters. The van der Waals surface area contributed by atoms with E-state index in [0.29, 0.717) is 11.3 Å². The summed E-state index contributed by atoms with van der Waals surface area (Å²) in [6, 6.07) is 6.53. The first-order valence-corrected chi connectivity index (χ1v) is 8.30. The summed E-state index contributed by atoms with van der Waals surface area (Å²) in [6.07, 6.45) is 4.13. The molecule has 2 atom stereocenters. The average molecular weight is 335 g/mol. The summed E-state index contributed by atoms with van der Waals surface area (Å²) in [7, 11) is 0. The maximum Gasteiger partial charge on any atom is 0.195 e. The minimum absolute atomic E-state index is 0.0848. The maximum atomic E-state index is 13.1. The third-order valence-electron chi connectivity index (χ3n) is 5.37. The van der Waals surface area contributed by atoms with E-state index in [2.05, 4.69) is 23.9 Å². The summed E-state index contributed by atoms with van der Waals surface area (Å²) in [5.74, 6) is -0.153. The molecule has 4 nitrogen and oxygen atoms in total. The summed E-state index contributed by atoms with van der Waals surface area (Å²) in [6.45, 7) is 4.55. The topological polar surface area (TPSA) is 53.8 Å². The predicted molar refractivity (Wildman–Crippen MR) is 89.0 cm³/mol. The van der Waals surface area contributed by atoms with Gasteiger partial charge in [0.2, 0.25) is 0 Å². The number of nitrogens with one attached hydrogen (secondary N) is 1. The summed E-state index contributed by atoms with van der Waals surface area (Å²) >= 11 is 5.22. The van der Waals surface area contributed by atoms with Gasteiger partial charge in [-0.25, -0.2) is 9.07 Å². The minimum atomic E-state index is -0.908. The smallest absolute Gasteiger partial charge is 0.195 e. The van der Waals surface area contributed by atoms with Gasteiger partial charge in [0.25, 0.3) is 0 Å². The van der Waals surface area contributed by atoms with Crippen LogP contribution in [0.2, 0.25) is 0 Å². The molecule has 0 saturated heterocycles. The summed E-state index contributed by atoms with van der Waals surface area (Å²) in [5, 5.41) is 15.7. The molecule has 1 heterocycles. The van der Waals surface area contributed by atoms with E-state index in [1.165, 1.54) is 12.1 Å². The van der Waals surface area contributed by atoms with Gasteiger partial charge in [0, 0.05) is 0 Å². The molecule has 124 valence electrons. The first-order valence-electron chi connectivity index (χ1n) is 7.89. The van der Waals surface area contributed by atoms with Crippen molar-refractivity contribution < 1.29 is 9.50 Å². The molecule has 0 spiro atoms. The number of rotatable bonds is 4. The molecule has 2 N–H and O–H groups in total. The van der Waals surface area contributed by atoms with Crippen LogP contribution in [0.15, 0.2) is 30.6 Å². The zero-order valence-corrected chi connectivity index (χ0v) is 14.2. The van der Waals surface area contributed by atoms with Gasteiger partial charge in [0.1, 0.15) is 12.1 Å². The monoisotopic (exact) mass is 335 g/mol. The Kier molecular flexibility index (Phi) is 4.14. The van der Waals surface area contributed by atoms with Crippen molar-refractivity contribution in [3.05, 3.63) is 46.7 Å². The van der Waals surface area contributed by atoms with Gasteiger partial charge in [0.05, 0.1) is 12.1 Å². The predicted octanol–water partition coefficient (Wildman–Crippen LogP) is 3.49. The molecule has 23 heavy (non-hydrogen) atoms. The summed E-state index contributed by atoms with van der Waals surface area (Å²) in [5.41, 5.74) is -0.0987. The van der Waals surface area contributed by atoms with Gasteiger partial charge in [-0.05, 0) is 60.5 Å². The molecule has 1 saturated carbocycles.